The van der Waals surface area contributed by atoms with Crippen LogP contribution < -0.4 is 5.32 Å². The third-order valence-corrected chi connectivity index (χ3v) is 5.18. The van der Waals surface area contributed by atoms with E-state index in [1.165, 1.54) is 7.11 Å². The van der Waals surface area contributed by atoms with Crippen LogP contribution in [-0.2, 0) is 15.3 Å². The van der Waals surface area contributed by atoms with Crippen LogP contribution >= 0.6 is 23.1 Å². The Bertz CT molecular complexity index is 715. The highest BCUT2D eigenvalue weighted by Gasteiger charge is 2.16. The monoisotopic (exact) mass is 364 g/mol. The number of carbonyl (C=O) groups is 2. The summed E-state index contributed by atoms with van der Waals surface area (Å²) in [4.78, 5) is 29.1. The van der Waals surface area contributed by atoms with Gasteiger partial charge in [-0.25, -0.2) is 4.98 Å². The van der Waals surface area contributed by atoms with Crippen molar-refractivity contribution in [2.45, 2.75) is 37.0 Å². The van der Waals surface area contributed by atoms with E-state index >= 15 is 0 Å². The molecule has 0 aliphatic rings. The van der Waals surface area contributed by atoms with Gasteiger partial charge in [0.2, 0.25) is 0 Å². The molecule has 0 saturated heterocycles. The summed E-state index contributed by atoms with van der Waals surface area (Å²) in [6, 6.07) is 7.16. The van der Waals surface area contributed by atoms with Crippen LogP contribution in [0.1, 0.15) is 34.4 Å². The lowest BCUT2D eigenvalue weighted by Gasteiger charge is -2.14. The first-order valence-electron chi connectivity index (χ1n) is 7.50. The van der Waals surface area contributed by atoms with Gasteiger partial charge in [-0.3, -0.25) is 9.59 Å². The molecule has 0 aliphatic heterocycles. The van der Waals surface area contributed by atoms with Crippen LogP contribution in [0.5, 0.6) is 0 Å². The number of hydrogen-bond donors (Lipinski definition) is 1. The number of rotatable bonds is 7. The van der Waals surface area contributed by atoms with E-state index < -0.39 is 0 Å². The molecule has 1 unspecified atom stereocenters. The number of esters is 1. The first-order valence-corrected chi connectivity index (χ1v) is 9.36. The molecule has 0 spiro atoms. The number of nitrogens with zero attached hydrogens (tertiary/aromatic N) is 1. The normalized spacial score (nSPS) is 11.8. The Hall–Kier alpha value is -1.86. The number of carbonyl (C=O) groups excluding carboxylic acids is 2. The molecule has 1 heterocycles. The number of thiazole rings is 1. The standard InChI is InChI=1S/C17H20N2O3S2/c1-11(8-16(20)22-3)18-17(21)14-6-4-5-7-15(14)24-10-13-9-23-12(2)19-13/h4-7,9,11H,8,10H2,1-3H3,(H,18,21). The summed E-state index contributed by atoms with van der Waals surface area (Å²) in [6.07, 6.45) is 0.148. The number of methoxy groups -OCH3 is 1. The second-order valence-electron chi connectivity index (χ2n) is 5.30. The van der Waals surface area contributed by atoms with Gasteiger partial charge in [-0.2, -0.15) is 0 Å². The maximum Gasteiger partial charge on any atom is 0.307 e. The zero-order valence-corrected chi connectivity index (χ0v) is 15.5. The second kappa shape index (κ2) is 8.84. The van der Waals surface area contributed by atoms with Crippen molar-refractivity contribution < 1.29 is 14.3 Å². The maximum atomic E-state index is 12.5. The first kappa shape index (κ1) is 18.5. The fourth-order valence-electron chi connectivity index (χ4n) is 2.09. The Kier molecular flexibility index (Phi) is 6.81. The molecule has 0 radical (unpaired) electrons. The minimum absolute atomic E-state index is 0.148. The molecule has 0 fully saturated rings. The highest BCUT2D eigenvalue weighted by Crippen LogP contribution is 2.27. The molecule has 1 atom stereocenters. The van der Waals surface area contributed by atoms with Crippen molar-refractivity contribution in [3.05, 3.63) is 45.9 Å². The fourth-order valence-corrected chi connectivity index (χ4v) is 3.75. The van der Waals surface area contributed by atoms with Crippen molar-refractivity contribution in [3.63, 3.8) is 0 Å². The Morgan fingerprint density at radius 3 is 2.79 bits per heavy atom. The molecule has 1 aromatic heterocycles. The highest BCUT2D eigenvalue weighted by molar-refractivity contribution is 7.98. The summed E-state index contributed by atoms with van der Waals surface area (Å²) in [5.41, 5.74) is 1.61. The summed E-state index contributed by atoms with van der Waals surface area (Å²) in [6.45, 7) is 3.76. The molecule has 0 aliphatic carbocycles. The zero-order valence-electron chi connectivity index (χ0n) is 13.9. The summed E-state index contributed by atoms with van der Waals surface area (Å²) in [5, 5.41) is 5.90. The summed E-state index contributed by atoms with van der Waals surface area (Å²) < 4.78 is 4.62. The van der Waals surface area contributed by atoms with Crippen molar-refractivity contribution in [2.75, 3.05) is 7.11 Å². The predicted octanol–water partition coefficient (Wildman–Crippen LogP) is 3.43. The van der Waals surface area contributed by atoms with Crippen LogP contribution in [0.25, 0.3) is 0 Å². The van der Waals surface area contributed by atoms with E-state index in [4.69, 9.17) is 0 Å². The van der Waals surface area contributed by atoms with E-state index in [9.17, 15) is 9.59 Å². The average Bonchev–Trinajstić information content (AvgIpc) is 2.98. The van der Waals surface area contributed by atoms with Gasteiger partial charge < -0.3 is 10.1 Å². The van der Waals surface area contributed by atoms with Crippen molar-refractivity contribution in [2.24, 2.45) is 0 Å². The van der Waals surface area contributed by atoms with E-state index in [-0.39, 0.29) is 24.3 Å². The number of benzene rings is 1. The van der Waals surface area contributed by atoms with E-state index in [0.29, 0.717) is 11.3 Å². The topological polar surface area (TPSA) is 68.3 Å². The smallest absolute Gasteiger partial charge is 0.307 e. The van der Waals surface area contributed by atoms with Crippen LogP contribution in [0, 0.1) is 6.92 Å². The minimum atomic E-state index is -0.343. The van der Waals surface area contributed by atoms with Gasteiger partial charge in [0.15, 0.2) is 0 Å². The van der Waals surface area contributed by atoms with Gasteiger partial charge in [-0.15, -0.1) is 23.1 Å². The number of ether oxygens (including phenoxy) is 1. The SMILES string of the molecule is COC(=O)CC(C)NC(=O)c1ccccc1SCc1csc(C)n1. The summed E-state index contributed by atoms with van der Waals surface area (Å²) in [7, 11) is 1.34. The lowest BCUT2D eigenvalue weighted by atomic mass is 10.2. The average molecular weight is 364 g/mol. The van der Waals surface area contributed by atoms with Crippen LogP contribution in [0.4, 0.5) is 0 Å². The van der Waals surface area contributed by atoms with Crippen LogP contribution in [0.3, 0.4) is 0 Å². The quantitative estimate of drug-likeness (QED) is 0.602. The van der Waals surface area contributed by atoms with Gasteiger partial charge >= 0.3 is 5.97 Å². The fraction of sp³-hybridized carbons (Fsp3) is 0.353. The summed E-state index contributed by atoms with van der Waals surface area (Å²) >= 11 is 3.20. The predicted molar refractivity (Wildman–Crippen MR) is 96.4 cm³/mol. The molecule has 24 heavy (non-hydrogen) atoms. The minimum Gasteiger partial charge on any atom is -0.469 e. The second-order valence-corrected chi connectivity index (χ2v) is 7.38. The third-order valence-electron chi connectivity index (χ3n) is 3.25. The largest absolute Gasteiger partial charge is 0.469 e. The van der Waals surface area contributed by atoms with Gasteiger partial charge in [-0.05, 0) is 26.0 Å². The van der Waals surface area contributed by atoms with Crippen molar-refractivity contribution in [3.8, 4) is 0 Å². The molecule has 0 bridgehead atoms. The van der Waals surface area contributed by atoms with Crippen LogP contribution in [-0.4, -0.2) is 30.0 Å². The van der Waals surface area contributed by atoms with Crippen LogP contribution in [0.15, 0.2) is 34.5 Å². The van der Waals surface area contributed by atoms with Gasteiger partial charge in [0.1, 0.15) is 0 Å². The number of aryl methyl sites for hydroxylation is 1. The number of aromatic nitrogens is 1. The number of amides is 1. The van der Waals surface area contributed by atoms with E-state index in [1.54, 1.807) is 36.1 Å². The van der Waals surface area contributed by atoms with Gasteiger partial charge in [0, 0.05) is 22.1 Å². The lowest BCUT2D eigenvalue weighted by Crippen LogP contribution is -2.34. The molecule has 1 aromatic carbocycles. The Labute approximate surface area is 149 Å². The highest BCUT2D eigenvalue weighted by atomic mass is 32.2. The molecule has 128 valence electrons. The molecule has 1 amide bonds. The van der Waals surface area contributed by atoms with Crippen molar-refractivity contribution in [1.29, 1.82) is 0 Å². The zero-order chi connectivity index (χ0) is 17.5. The Balaban J connectivity index is 2.01. The third kappa shape index (κ3) is 5.35. The van der Waals surface area contributed by atoms with Crippen LogP contribution in [0.2, 0.25) is 0 Å². The number of nitrogens with one attached hydrogen (secondary N) is 1. The molecule has 5 nitrogen and oxygen atoms in total. The molecule has 7 heteroatoms. The van der Waals surface area contributed by atoms with Gasteiger partial charge in [0.05, 0.1) is 29.8 Å². The molecule has 2 aromatic rings. The molecule has 2 rings (SSSR count). The first-order chi connectivity index (χ1) is 11.5. The number of hydrogen-bond acceptors (Lipinski definition) is 6. The van der Waals surface area contributed by atoms with Gasteiger partial charge in [0.25, 0.3) is 5.91 Å². The van der Waals surface area contributed by atoms with Crippen molar-refractivity contribution >= 4 is 35.0 Å². The maximum absolute atomic E-state index is 12.5. The Morgan fingerprint density at radius 1 is 1.38 bits per heavy atom. The molecular weight excluding hydrogens is 344 g/mol. The van der Waals surface area contributed by atoms with Gasteiger partial charge in [-0.1, -0.05) is 12.1 Å². The molecular formula is C17H20N2O3S2. The Morgan fingerprint density at radius 2 is 2.12 bits per heavy atom. The molecule has 1 N–H and O–H groups in total. The lowest BCUT2D eigenvalue weighted by molar-refractivity contribution is -0.141. The number of thioether (sulfide) groups is 1. The van der Waals surface area contributed by atoms with E-state index in [2.05, 4.69) is 15.0 Å². The van der Waals surface area contributed by atoms with Crippen molar-refractivity contribution in [1.82, 2.24) is 10.3 Å². The summed E-state index contributed by atoms with van der Waals surface area (Å²) in [5.74, 6) is 0.181. The van der Waals surface area contributed by atoms with E-state index in [0.717, 1.165) is 15.6 Å². The molecule has 0 saturated carbocycles. The van der Waals surface area contributed by atoms with E-state index in [1.807, 2.05) is 30.5 Å².